The Morgan fingerprint density at radius 3 is 2.71 bits per heavy atom. The molecule has 0 aromatic heterocycles. The summed E-state index contributed by atoms with van der Waals surface area (Å²) in [5.74, 6) is 0. The van der Waals surface area contributed by atoms with Crippen LogP contribution in [0.15, 0.2) is 46.9 Å². The molecule has 3 heteroatoms. The minimum atomic E-state index is 0.344. The Kier molecular flexibility index (Phi) is 4.05. The molecule has 2 nitrogen and oxygen atoms in total. The van der Waals surface area contributed by atoms with Crippen molar-refractivity contribution in [1.82, 2.24) is 5.32 Å². The van der Waals surface area contributed by atoms with Crippen molar-refractivity contribution in [2.24, 2.45) is 0 Å². The first kappa shape index (κ1) is 14.6. The van der Waals surface area contributed by atoms with Gasteiger partial charge in [0.15, 0.2) is 0 Å². The number of rotatable bonds is 3. The number of anilines is 2. The zero-order chi connectivity index (χ0) is 15.0. The molecular weight excluding hydrogens is 324 g/mol. The van der Waals surface area contributed by atoms with E-state index in [0.717, 1.165) is 6.42 Å². The van der Waals surface area contributed by atoms with Gasteiger partial charge in [-0.1, -0.05) is 40.2 Å². The Hall–Kier alpha value is -1.32. The average Bonchev–Trinajstić information content (AvgIpc) is 2.82. The van der Waals surface area contributed by atoms with Gasteiger partial charge >= 0.3 is 0 Å². The van der Waals surface area contributed by atoms with Crippen LogP contribution in [0.4, 0.5) is 11.4 Å². The van der Waals surface area contributed by atoms with Crippen LogP contribution in [0.25, 0.3) is 0 Å². The number of hydrogen-bond donors (Lipinski definition) is 1. The van der Waals surface area contributed by atoms with Crippen molar-refractivity contribution in [3.8, 4) is 0 Å². The van der Waals surface area contributed by atoms with Crippen LogP contribution in [0.5, 0.6) is 0 Å². The fourth-order valence-corrected chi connectivity index (χ4v) is 3.84. The molecule has 0 aliphatic carbocycles. The van der Waals surface area contributed by atoms with Crippen LogP contribution in [0.2, 0.25) is 0 Å². The molecule has 0 bridgehead atoms. The molecule has 3 rings (SSSR count). The van der Waals surface area contributed by atoms with Gasteiger partial charge in [0, 0.05) is 27.9 Å². The molecule has 1 N–H and O–H groups in total. The van der Waals surface area contributed by atoms with E-state index < -0.39 is 0 Å². The first-order valence-electron chi connectivity index (χ1n) is 7.45. The van der Waals surface area contributed by atoms with Gasteiger partial charge in [0.05, 0.1) is 0 Å². The van der Waals surface area contributed by atoms with Crippen molar-refractivity contribution in [3.05, 3.63) is 58.1 Å². The van der Waals surface area contributed by atoms with Gasteiger partial charge in [0.25, 0.3) is 0 Å². The van der Waals surface area contributed by atoms with Gasteiger partial charge in [-0.2, -0.15) is 0 Å². The van der Waals surface area contributed by atoms with Crippen LogP contribution in [-0.2, 0) is 6.42 Å². The van der Waals surface area contributed by atoms with Gasteiger partial charge in [0.2, 0.25) is 0 Å². The Balaban J connectivity index is 2.00. The minimum absolute atomic E-state index is 0.344. The van der Waals surface area contributed by atoms with Gasteiger partial charge in [-0.05, 0) is 56.6 Å². The second kappa shape index (κ2) is 5.82. The number of halogens is 1. The van der Waals surface area contributed by atoms with Crippen LogP contribution in [-0.4, -0.2) is 13.1 Å². The molecule has 1 aliphatic rings. The lowest BCUT2D eigenvalue weighted by Gasteiger charge is -2.26. The summed E-state index contributed by atoms with van der Waals surface area (Å²) in [5, 5.41) is 3.29. The zero-order valence-corrected chi connectivity index (χ0v) is 14.3. The van der Waals surface area contributed by atoms with E-state index in [0.29, 0.717) is 12.1 Å². The summed E-state index contributed by atoms with van der Waals surface area (Å²) in [6.45, 7) is 4.46. The highest BCUT2D eigenvalue weighted by atomic mass is 79.9. The molecule has 0 saturated carbocycles. The lowest BCUT2D eigenvalue weighted by atomic mass is 10.1. The Labute approximate surface area is 135 Å². The molecule has 0 spiro atoms. The number of fused-ring (bicyclic) bond motifs is 1. The lowest BCUT2D eigenvalue weighted by Crippen LogP contribution is -2.24. The van der Waals surface area contributed by atoms with Crippen LogP contribution >= 0.6 is 15.9 Å². The largest absolute Gasteiger partial charge is 0.338 e. The van der Waals surface area contributed by atoms with E-state index in [2.05, 4.69) is 82.5 Å². The van der Waals surface area contributed by atoms with Crippen molar-refractivity contribution >= 4 is 27.3 Å². The molecule has 2 aromatic rings. The summed E-state index contributed by atoms with van der Waals surface area (Å²) in [6.07, 6.45) is 1.11. The van der Waals surface area contributed by atoms with Crippen LogP contribution in [0, 0.1) is 0 Å². The Morgan fingerprint density at radius 1 is 1.24 bits per heavy atom. The molecule has 1 aliphatic heterocycles. The predicted octanol–water partition coefficient (Wildman–Crippen LogP) is 4.81. The van der Waals surface area contributed by atoms with Gasteiger partial charge in [0.1, 0.15) is 0 Å². The van der Waals surface area contributed by atoms with Crippen molar-refractivity contribution < 1.29 is 0 Å². The van der Waals surface area contributed by atoms with Crippen LogP contribution in [0.1, 0.15) is 31.0 Å². The highest BCUT2D eigenvalue weighted by Gasteiger charge is 2.27. The molecule has 0 saturated heterocycles. The first-order valence-corrected chi connectivity index (χ1v) is 8.25. The standard InChI is InChI=1S/C18H21BrN2/c1-12-10-14-6-4-5-7-18(14)21(12)15-8-9-16(13(2)20-3)17(19)11-15/h4-9,11-13,20H,10H2,1-3H3. The summed E-state index contributed by atoms with van der Waals surface area (Å²) >= 11 is 3.73. The topological polar surface area (TPSA) is 15.3 Å². The third kappa shape index (κ3) is 2.60. The summed E-state index contributed by atoms with van der Waals surface area (Å²) in [7, 11) is 1.99. The number of nitrogens with one attached hydrogen (secondary N) is 1. The van der Waals surface area contributed by atoms with E-state index in [1.165, 1.54) is 27.0 Å². The number of benzene rings is 2. The maximum absolute atomic E-state index is 3.73. The van der Waals surface area contributed by atoms with Gasteiger partial charge in [-0.25, -0.2) is 0 Å². The summed E-state index contributed by atoms with van der Waals surface area (Å²) in [6, 6.07) is 16.2. The van der Waals surface area contributed by atoms with E-state index in [4.69, 9.17) is 0 Å². The van der Waals surface area contributed by atoms with Gasteiger partial charge < -0.3 is 10.2 Å². The van der Waals surface area contributed by atoms with E-state index in [-0.39, 0.29) is 0 Å². The van der Waals surface area contributed by atoms with Crippen LogP contribution in [0.3, 0.4) is 0 Å². The van der Waals surface area contributed by atoms with Gasteiger partial charge in [-0.15, -0.1) is 0 Å². The molecule has 2 unspecified atom stereocenters. The first-order chi connectivity index (χ1) is 10.1. The van der Waals surface area contributed by atoms with E-state index in [1.807, 2.05) is 7.05 Å². The number of para-hydroxylation sites is 1. The van der Waals surface area contributed by atoms with Crippen molar-refractivity contribution in [2.75, 3.05) is 11.9 Å². The summed E-state index contributed by atoms with van der Waals surface area (Å²) in [4.78, 5) is 2.44. The van der Waals surface area contributed by atoms with E-state index in [1.54, 1.807) is 0 Å². The minimum Gasteiger partial charge on any atom is -0.338 e. The highest BCUT2D eigenvalue weighted by Crippen LogP contribution is 2.39. The fourth-order valence-electron chi connectivity index (χ4n) is 3.13. The molecule has 21 heavy (non-hydrogen) atoms. The molecular formula is C18H21BrN2. The quantitative estimate of drug-likeness (QED) is 0.859. The molecule has 2 aromatic carbocycles. The zero-order valence-electron chi connectivity index (χ0n) is 12.7. The SMILES string of the molecule is CNC(C)c1ccc(N2c3ccccc3CC2C)cc1Br. The lowest BCUT2D eigenvalue weighted by molar-refractivity contribution is 0.649. The molecule has 110 valence electrons. The van der Waals surface area contributed by atoms with Crippen molar-refractivity contribution in [2.45, 2.75) is 32.4 Å². The maximum atomic E-state index is 3.73. The molecule has 0 fully saturated rings. The molecule has 1 heterocycles. The molecule has 2 atom stereocenters. The van der Waals surface area contributed by atoms with Crippen molar-refractivity contribution in [3.63, 3.8) is 0 Å². The Morgan fingerprint density at radius 2 is 2.00 bits per heavy atom. The monoisotopic (exact) mass is 344 g/mol. The third-order valence-electron chi connectivity index (χ3n) is 4.37. The molecule has 0 radical (unpaired) electrons. The summed E-state index contributed by atoms with van der Waals surface area (Å²) in [5.41, 5.74) is 5.33. The van der Waals surface area contributed by atoms with E-state index in [9.17, 15) is 0 Å². The average molecular weight is 345 g/mol. The van der Waals surface area contributed by atoms with E-state index >= 15 is 0 Å². The normalized spacial score (nSPS) is 18.7. The van der Waals surface area contributed by atoms with Crippen molar-refractivity contribution in [1.29, 1.82) is 0 Å². The predicted molar refractivity (Wildman–Crippen MR) is 93.4 cm³/mol. The summed E-state index contributed by atoms with van der Waals surface area (Å²) < 4.78 is 1.17. The maximum Gasteiger partial charge on any atom is 0.0446 e. The number of nitrogens with zero attached hydrogens (tertiary/aromatic N) is 1. The Bertz CT molecular complexity index is 653. The fraction of sp³-hybridized carbons (Fsp3) is 0.333. The third-order valence-corrected chi connectivity index (χ3v) is 5.06. The van der Waals surface area contributed by atoms with Crippen LogP contribution < -0.4 is 10.2 Å². The second-order valence-corrected chi connectivity index (χ2v) is 6.62. The number of hydrogen-bond acceptors (Lipinski definition) is 2. The molecule has 0 amide bonds. The smallest absolute Gasteiger partial charge is 0.0446 e. The second-order valence-electron chi connectivity index (χ2n) is 5.77. The highest BCUT2D eigenvalue weighted by molar-refractivity contribution is 9.10. The van der Waals surface area contributed by atoms with Gasteiger partial charge in [-0.3, -0.25) is 0 Å².